The standard InChI is InChI=1S/C14H11NO4S/c1-18-10-4-2-9(3-5-10)6-15-12-8-20-7-11(12)13(16)19-14(15)17/h2-5,7-8H,6H2,1H3. The van der Waals surface area contributed by atoms with Crippen molar-refractivity contribution < 1.29 is 9.15 Å². The Balaban J connectivity index is 2.08. The van der Waals surface area contributed by atoms with Crippen LogP contribution in [-0.2, 0) is 6.54 Å². The van der Waals surface area contributed by atoms with E-state index in [4.69, 9.17) is 9.15 Å². The Morgan fingerprint density at radius 2 is 1.95 bits per heavy atom. The summed E-state index contributed by atoms with van der Waals surface area (Å²) in [5.74, 6) is 0.109. The normalized spacial score (nSPS) is 10.8. The minimum absolute atomic E-state index is 0.347. The van der Waals surface area contributed by atoms with Crippen LogP contribution in [0.2, 0.25) is 0 Å². The van der Waals surface area contributed by atoms with Gasteiger partial charge >= 0.3 is 11.4 Å². The molecule has 20 heavy (non-hydrogen) atoms. The Kier molecular flexibility index (Phi) is 3.15. The van der Waals surface area contributed by atoms with Crippen LogP contribution in [0.25, 0.3) is 10.9 Å². The topological polar surface area (TPSA) is 61.4 Å². The lowest BCUT2D eigenvalue weighted by molar-refractivity contribution is 0.414. The fraction of sp³-hybridized carbons (Fsp3) is 0.143. The molecule has 0 bridgehead atoms. The lowest BCUT2D eigenvalue weighted by atomic mass is 10.2. The summed E-state index contributed by atoms with van der Waals surface area (Å²) < 4.78 is 11.3. The SMILES string of the molecule is COc1ccc(Cn2c(=O)oc(=O)c3cscc32)cc1. The first-order valence-corrected chi connectivity index (χ1v) is 6.86. The molecule has 0 aliphatic carbocycles. The van der Waals surface area contributed by atoms with E-state index >= 15 is 0 Å². The van der Waals surface area contributed by atoms with E-state index in [1.54, 1.807) is 17.9 Å². The van der Waals surface area contributed by atoms with E-state index in [1.807, 2.05) is 24.3 Å². The number of ether oxygens (including phenoxy) is 1. The number of nitrogens with zero attached hydrogens (tertiary/aromatic N) is 1. The van der Waals surface area contributed by atoms with Gasteiger partial charge in [-0.3, -0.25) is 4.57 Å². The highest BCUT2D eigenvalue weighted by molar-refractivity contribution is 7.09. The molecule has 3 rings (SSSR count). The Bertz CT molecular complexity index is 857. The molecule has 0 N–H and O–H groups in total. The summed E-state index contributed by atoms with van der Waals surface area (Å²) in [5.41, 5.74) is 0.943. The minimum atomic E-state index is -0.642. The van der Waals surface area contributed by atoms with Crippen molar-refractivity contribution in [2.75, 3.05) is 7.11 Å². The van der Waals surface area contributed by atoms with Gasteiger partial charge in [-0.25, -0.2) is 9.59 Å². The molecule has 0 saturated carbocycles. The van der Waals surface area contributed by atoms with Gasteiger partial charge in [-0.2, -0.15) is 0 Å². The average Bonchev–Trinajstić information content (AvgIpc) is 2.94. The predicted octanol–water partition coefficient (Wildman–Crippen LogP) is 2.07. The number of methoxy groups -OCH3 is 1. The molecule has 3 aromatic rings. The summed E-state index contributed by atoms with van der Waals surface area (Å²) >= 11 is 1.37. The molecule has 5 nitrogen and oxygen atoms in total. The Morgan fingerprint density at radius 3 is 2.65 bits per heavy atom. The molecule has 6 heteroatoms. The van der Waals surface area contributed by atoms with Crippen LogP contribution in [0.4, 0.5) is 0 Å². The first-order valence-electron chi connectivity index (χ1n) is 5.92. The van der Waals surface area contributed by atoms with Crippen LogP contribution in [0.3, 0.4) is 0 Å². The third kappa shape index (κ3) is 2.14. The molecule has 2 aromatic heterocycles. The highest BCUT2D eigenvalue weighted by Gasteiger charge is 2.10. The highest BCUT2D eigenvalue weighted by atomic mass is 32.1. The lowest BCUT2D eigenvalue weighted by Crippen LogP contribution is -2.24. The van der Waals surface area contributed by atoms with E-state index in [9.17, 15) is 9.59 Å². The summed E-state index contributed by atoms with van der Waals surface area (Å²) in [4.78, 5) is 23.4. The molecule has 102 valence electrons. The van der Waals surface area contributed by atoms with E-state index in [-0.39, 0.29) is 0 Å². The average molecular weight is 289 g/mol. The van der Waals surface area contributed by atoms with Crippen molar-refractivity contribution in [3.63, 3.8) is 0 Å². The lowest BCUT2D eigenvalue weighted by Gasteiger charge is -2.07. The van der Waals surface area contributed by atoms with E-state index in [0.717, 1.165) is 11.3 Å². The summed E-state index contributed by atoms with van der Waals surface area (Å²) in [5, 5.41) is 3.89. The predicted molar refractivity (Wildman–Crippen MR) is 76.7 cm³/mol. The molecule has 0 amide bonds. The second-order valence-corrected chi connectivity index (χ2v) is 5.00. The highest BCUT2D eigenvalue weighted by Crippen LogP contribution is 2.16. The fourth-order valence-electron chi connectivity index (χ4n) is 2.00. The Hall–Kier alpha value is -2.34. The molecule has 0 atom stereocenters. The van der Waals surface area contributed by atoms with Crippen molar-refractivity contribution in [2.45, 2.75) is 6.54 Å². The number of rotatable bonds is 3. The van der Waals surface area contributed by atoms with Crippen LogP contribution in [0.5, 0.6) is 5.75 Å². The van der Waals surface area contributed by atoms with Crippen molar-refractivity contribution in [1.29, 1.82) is 0 Å². The van der Waals surface area contributed by atoms with Gasteiger partial charge in [0.2, 0.25) is 0 Å². The van der Waals surface area contributed by atoms with Gasteiger partial charge in [0.25, 0.3) is 0 Å². The molecule has 0 unspecified atom stereocenters. The molecule has 0 saturated heterocycles. The van der Waals surface area contributed by atoms with Gasteiger partial charge in [0, 0.05) is 10.8 Å². The summed E-state index contributed by atoms with van der Waals surface area (Å²) in [6.07, 6.45) is 0. The van der Waals surface area contributed by atoms with Crippen molar-refractivity contribution in [3.05, 3.63) is 61.6 Å². The maximum atomic E-state index is 11.9. The number of hydrogen-bond donors (Lipinski definition) is 0. The smallest absolute Gasteiger partial charge is 0.422 e. The van der Waals surface area contributed by atoms with Crippen molar-refractivity contribution >= 4 is 22.2 Å². The van der Waals surface area contributed by atoms with E-state index < -0.39 is 11.4 Å². The number of aromatic nitrogens is 1. The van der Waals surface area contributed by atoms with Crippen LogP contribution >= 0.6 is 11.3 Å². The van der Waals surface area contributed by atoms with Gasteiger partial charge in [0.05, 0.1) is 24.6 Å². The minimum Gasteiger partial charge on any atom is -0.497 e. The van der Waals surface area contributed by atoms with Gasteiger partial charge < -0.3 is 9.15 Å². The molecule has 0 aliphatic rings. The van der Waals surface area contributed by atoms with Crippen LogP contribution in [-0.4, -0.2) is 11.7 Å². The second kappa shape index (κ2) is 4.97. The van der Waals surface area contributed by atoms with Crippen molar-refractivity contribution in [3.8, 4) is 5.75 Å². The number of thiophene rings is 1. The quantitative estimate of drug-likeness (QED) is 0.740. The molecule has 0 radical (unpaired) electrons. The summed E-state index contributed by atoms with van der Waals surface area (Å²) in [7, 11) is 1.60. The van der Waals surface area contributed by atoms with Gasteiger partial charge in [0.1, 0.15) is 5.75 Å². The van der Waals surface area contributed by atoms with E-state index in [1.165, 1.54) is 15.9 Å². The van der Waals surface area contributed by atoms with Gasteiger partial charge in [-0.15, -0.1) is 11.3 Å². The van der Waals surface area contributed by atoms with Gasteiger partial charge in [0.15, 0.2) is 0 Å². The zero-order valence-electron chi connectivity index (χ0n) is 10.7. The van der Waals surface area contributed by atoms with Crippen molar-refractivity contribution in [2.24, 2.45) is 0 Å². The summed E-state index contributed by atoms with van der Waals surface area (Å²) in [6.45, 7) is 0.347. The zero-order valence-corrected chi connectivity index (χ0v) is 11.5. The zero-order chi connectivity index (χ0) is 14.1. The second-order valence-electron chi connectivity index (χ2n) is 4.26. The van der Waals surface area contributed by atoms with Gasteiger partial charge in [-0.05, 0) is 17.7 Å². The van der Waals surface area contributed by atoms with E-state index in [2.05, 4.69) is 0 Å². The third-order valence-electron chi connectivity index (χ3n) is 3.05. The van der Waals surface area contributed by atoms with Crippen LogP contribution < -0.4 is 16.1 Å². The van der Waals surface area contributed by atoms with E-state index in [0.29, 0.717) is 17.4 Å². The molecule has 0 fully saturated rings. The first kappa shape index (κ1) is 12.7. The third-order valence-corrected chi connectivity index (χ3v) is 3.78. The monoisotopic (exact) mass is 289 g/mol. The maximum absolute atomic E-state index is 11.9. The maximum Gasteiger partial charge on any atom is 0.422 e. The summed E-state index contributed by atoms with van der Waals surface area (Å²) in [6, 6.07) is 7.39. The number of benzene rings is 1. The van der Waals surface area contributed by atoms with Crippen LogP contribution in [0, 0.1) is 0 Å². The van der Waals surface area contributed by atoms with Crippen molar-refractivity contribution in [1.82, 2.24) is 4.57 Å². The van der Waals surface area contributed by atoms with Gasteiger partial charge in [-0.1, -0.05) is 12.1 Å². The fourth-order valence-corrected chi connectivity index (χ4v) is 2.81. The molecule has 0 spiro atoms. The Labute approximate surface area is 117 Å². The molecule has 0 aliphatic heterocycles. The van der Waals surface area contributed by atoms with Crippen LogP contribution in [0.15, 0.2) is 49.0 Å². The largest absolute Gasteiger partial charge is 0.497 e. The molecule has 2 heterocycles. The number of hydrogen-bond acceptors (Lipinski definition) is 5. The molecular formula is C14H11NO4S. The number of fused-ring (bicyclic) bond motifs is 1. The Morgan fingerprint density at radius 1 is 1.20 bits per heavy atom. The molecular weight excluding hydrogens is 278 g/mol. The first-order chi connectivity index (χ1) is 9.69. The molecule has 1 aromatic carbocycles. The van der Waals surface area contributed by atoms with Crippen LogP contribution in [0.1, 0.15) is 5.56 Å².